The van der Waals surface area contributed by atoms with Gasteiger partial charge >= 0.3 is 0 Å². The molecule has 1 fully saturated rings. The van der Waals surface area contributed by atoms with Crippen LogP contribution < -0.4 is 10.2 Å². The van der Waals surface area contributed by atoms with Crippen molar-refractivity contribution in [2.75, 3.05) is 36.4 Å². The molecule has 2 aromatic carbocycles. The van der Waals surface area contributed by atoms with Crippen molar-refractivity contribution in [3.05, 3.63) is 75.4 Å². The van der Waals surface area contributed by atoms with Gasteiger partial charge in [-0.25, -0.2) is 4.98 Å². The van der Waals surface area contributed by atoms with Gasteiger partial charge in [-0.2, -0.15) is 4.98 Å². The van der Waals surface area contributed by atoms with Gasteiger partial charge in [-0.1, -0.05) is 40.9 Å². The van der Waals surface area contributed by atoms with Gasteiger partial charge in [-0.05, 0) is 44.2 Å². The molecule has 0 aliphatic carbocycles. The fourth-order valence-electron chi connectivity index (χ4n) is 3.48. The van der Waals surface area contributed by atoms with E-state index in [1.165, 1.54) is 5.56 Å². The van der Waals surface area contributed by atoms with Crippen LogP contribution in [0, 0.1) is 13.8 Å². The van der Waals surface area contributed by atoms with Crippen LogP contribution in [0.1, 0.15) is 21.6 Å². The number of anilines is 3. The number of halogens is 2. The minimum atomic E-state index is -0.112. The van der Waals surface area contributed by atoms with Crippen LogP contribution in [0.4, 0.5) is 17.5 Å². The maximum absolute atomic E-state index is 12.9. The first-order chi connectivity index (χ1) is 14.9. The smallest absolute Gasteiger partial charge is 0.255 e. The molecule has 0 radical (unpaired) electrons. The maximum Gasteiger partial charge on any atom is 0.255 e. The van der Waals surface area contributed by atoms with Crippen LogP contribution in [0.15, 0.2) is 48.5 Å². The van der Waals surface area contributed by atoms with E-state index in [1.54, 1.807) is 23.1 Å². The quantitative estimate of drug-likeness (QED) is 0.592. The van der Waals surface area contributed by atoms with Gasteiger partial charge in [0.2, 0.25) is 5.95 Å². The van der Waals surface area contributed by atoms with E-state index in [0.717, 1.165) is 17.2 Å². The van der Waals surface area contributed by atoms with E-state index in [1.807, 2.05) is 25.1 Å². The molecule has 1 saturated heterocycles. The molecule has 0 saturated carbocycles. The number of hydrogen-bond donors (Lipinski definition) is 1. The second kappa shape index (κ2) is 9.12. The Balaban J connectivity index is 1.45. The third kappa shape index (κ3) is 5.09. The monoisotopic (exact) mass is 455 g/mol. The van der Waals surface area contributed by atoms with Gasteiger partial charge in [-0.3, -0.25) is 4.79 Å². The van der Waals surface area contributed by atoms with Gasteiger partial charge in [-0.15, -0.1) is 0 Å². The highest BCUT2D eigenvalue weighted by Gasteiger charge is 2.25. The lowest BCUT2D eigenvalue weighted by Gasteiger charge is -2.35. The lowest BCUT2D eigenvalue weighted by Crippen LogP contribution is -2.49. The van der Waals surface area contributed by atoms with Crippen LogP contribution in [0.25, 0.3) is 0 Å². The number of aryl methyl sites for hydroxylation is 2. The summed E-state index contributed by atoms with van der Waals surface area (Å²) in [7, 11) is 0. The number of hydrogen-bond acceptors (Lipinski definition) is 5. The Morgan fingerprint density at radius 3 is 2.35 bits per heavy atom. The number of aromatic nitrogens is 2. The van der Waals surface area contributed by atoms with Gasteiger partial charge in [0.05, 0.1) is 10.6 Å². The molecular formula is C23H23Cl2N5O. The van der Waals surface area contributed by atoms with Gasteiger partial charge in [0.25, 0.3) is 5.91 Å². The van der Waals surface area contributed by atoms with Crippen LogP contribution in [-0.2, 0) is 0 Å². The lowest BCUT2D eigenvalue weighted by atomic mass is 10.2. The zero-order chi connectivity index (χ0) is 22.0. The molecule has 1 aliphatic heterocycles. The van der Waals surface area contributed by atoms with Crippen molar-refractivity contribution in [3.63, 3.8) is 0 Å². The summed E-state index contributed by atoms with van der Waals surface area (Å²) in [5.41, 5.74) is 3.49. The maximum atomic E-state index is 12.9. The van der Waals surface area contributed by atoms with E-state index in [2.05, 4.69) is 34.3 Å². The van der Waals surface area contributed by atoms with Crippen molar-refractivity contribution in [2.24, 2.45) is 0 Å². The summed E-state index contributed by atoms with van der Waals surface area (Å²) in [4.78, 5) is 26.0. The molecule has 0 spiro atoms. The van der Waals surface area contributed by atoms with Crippen LogP contribution in [0.3, 0.4) is 0 Å². The van der Waals surface area contributed by atoms with E-state index in [4.69, 9.17) is 28.2 Å². The average molecular weight is 456 g/mol. The number of nitrogens with zero attached hydrogens (tertiary/aromatic N) is 4. The molecule has 0 unspecified atom stereocenters. The summed E-state index contributed by atoms with van der Waals surface area (Å²) in [5.74, 6) is 1.29. The topological polar surface area (TPSA) is 61.4 Å². The molecule has 31 heavy (non-hydrogen) atoms. The number of nitrogens with one attached hydrogen (secondary N) is 1. The summed E-state index contributed by atoms with van der Waals surface area (Å²) >= 11 is 12.2. The van der Waals surface area contributed by atoms with Crippen LogP contribution in [0.5, 0.6) is 0 Å². The first kappa shape index (κ1) is 21.4. The molecule has 3 aromatic rings. The predicted molar refractivity (Wildman–Crippen MR) is 126 cm³/mol. The Hall–Kier alpha value is -2.83. The molecule has 160 valence electrons. The Kier molecular flexibility index (Phi) is 6.30. The SMILES string of the molecule is Cc1ccc(Nc2cc(C)nc(N3CCN(C(=O)c4cc(Cl)ccc4Cl)CC3)n2)cc1. The number of rotatable bonds is 4. The zero-order valence-electron chi connectivity index (χ0n) is 17.4. The number of amides is 1. The minimum Gasteiger partial charge on any atom is -0.340 e. The molecule has 1 aromatic heterocycles. The fraction of sp³-hybridized carbons (Fsp3) is 0.261. The molecule has 4 rings (SSSR count). The highest BCUT2D eigenvalue weighted by molar-refractivity contribution is 6.35. The van der Waals surface area contributed by atoms with Gasteiger partial charge in [0.1, 0.15) is 5.82 Å². The van der Waals surface area contributed by atoms with Crippen LogP contribution in [0.2, 0.25) is 10.0 Å². The normalized spacial score (nSPS) is 13.9. The largest absolute Gasteiger partial charge is 0.340 e. The average Bonchev–Trinajstić information content (AvgIpc) is 2.76. The molecular weight excluding hydrogens is 433 g/mol. The predicted octanol–water partition coefficient (Wildman–Crippen LogP) is 5.11. The molecule has 2 heterocycles. The highest BCUT2D eigenvalue weighted by atomic mass is 35.5. The highest BCUT2D eigenvalue weighted by Crippen LogP contribution is 2.24. The van der Waals surface area contributed by atoms with E-state index >= 15 is 0 Å². The number of carbonyl (C=O) groups excluding carboxylic acids is 1. The molecule has 1 amide bonds. The summed E-state index contributed by atoms with van der Waals surface area (Å²) in [6.45, 7) is 6.39. The Bertz CT molecular complexity index is 1100. The third-order valence-corrected chi connectivity index (χ3v) is 5.74. The number of carbonyl (C=O) groups is 1. The first-order valence-corrected chi connectivity index (χ1v) is 10.8. The standard InChI is InChI=1S/C23H23Cl2N5O/c1-15-3-6-18(7-4-15)27-21-13-16(2)26-23(28-21)30-11-9-29(10-12-30)22(31)19-14-17(24)5-8-20(19)25/h3-8,13-14H,9-12H2,1-2H3,(H,26,27,28). The Labute approximate surface area is 191 Å². The van der Waals surface area contributed by atoms with Crippen molar-refractivity contribution in [1.82, 2.24) is 14.9 Å². The van der Waals surface area contributed by atoms with E-state index in [9.17, 15) is 4.79 Å². The van der Waals surface area contributed by atoms with Crippen molar-refractivity contribution in [3.8, 4) is 0 Å². The molecule has 0 atom stereocenters. The zero-order valence-corrected chi connectivity index (χ0v) is 18.9. The molecule has 8 heteroatoms. The Morgan fingerprint density at radius 1 is 0.935 bits per heavy atom. The molecule has 0 bridgehead atoms. The third-order valence-electron chi connectivity index (χ3n) is 5.17. The van der Waals surface area contributed by atoms with Gasteiger partial charge < -0.3 is 15.1 Å². The second-order valence-electron chi connectivity index (χ2n) is 7.59. The summed E-state index contributed by atoms with van der Waals surface area (Å²) in [6, 6.07) is 15.0. The second-order valence-corrected chi connectivity index (χ2v) is 8.43. The van der Waals surface area contributed by atoms with Crippen molar-refractivity contribution in [1.29, 1.82) is 0 Å². The molecule has 6 nitrogen and oxygen atoms in total. The summed E-state index contributed by atoms with van der Waals surface area (Å²) in [5, 5.41) is 4.24. The minimum absolute atomic E-state index is 0.112. The number of piperazine rings is 1. The van der Waals surface area contributed by atoms with E-state index in [0.29, 0.717) is 47.7 Å². The van der Waals surface area contributed by atoms with E-state index in [-0.39, 0.29) is 5.91 Å². The van der Waals surface area contributed by atoms with Gasteiger partial charge in [0.15, 0.2) is 0 Å². The molecule has 1 N–H and O–H groups in total. The van der Waals surface area contributed by atoms with Crippen molar-refractivity contribution >= 4 is 46.6 Å². The summed E-state index contributed by atoms with van der Waals surface area (Å²) in [6.07, 6.45) is 0. The number of benzene rings is 2. The van der Waals surface area contributed by atoms with Crippen molar-refractivity contribution in [2.45, 2.75) is 13.8 Å². The van der Waals surface area contributed by atoms with E-state index < -0.39 is 0 Å². The van der Waals surface area contributed by atoms with Crippen LogP contribution in [-0.4, -0.2) is 47.0 Å². The van der Waals surface area contributed by atoms with Crippen LogP contribution >= 0.6 is 23.2 Å². The molecule has 1 aliphatic rings. The summed E-state index contributed by atoms with van der Waals surface area (Å²) < 4.78 is 0. The first-order valence-electron chi connectivity index (χ1n) is 10.1. The lowest BCUT2D eigenvalue weighted by molar-refractivity contribution is 0.0746. The Morgan fingerprint density at radius 2 is 1.65 bits per heavy atom. The van der Waals surface area contributed by atoms with Gasteiger partial charge in [0, 0.05) is 48.6 Å². The fourth-order valence-corrected chi connectivity index (χ4v) is 3.85. The van der Waals surface area contributed by atoms with Crippen molar-refractivity contribution < 1.29 is 4.79 Å².